The Hall–Kier alpha value is -2.87. The van der Waals surface area contributed by atoms with Gasteiger partial charge >= 0.3 is 6.61 Å². The highest BCUT2D eigenvalue weighted by molar-refractivity contribution is 7.99. The highest BCUT2D eigenvalue weighted by atomic mass is 32.2. The van der Waals surface area contributed by atoms with Gasteiger partial charge in [0, 0.05) is 23.6 Å². The van der Waals surface area contributed by atoms with Crippen LogP contribution < -0.4 is 9.47 Å². The second-order valence-corrected chi connectivity index (χ2v) is 6.34. The molecule has 0 amide bonds. The first-order valence-corrected chi connectivity index (χ1v) is 8.94. The van der Waals surface area contributed by atoms with Crippen molar-refractivity contribution in [2.45, 2.75) is 11.8 Å². The molecular weight excluding hydrogens is 374 g/mol. The monoisotopic (exact) mass is 390 g/mol. The van der Waals surface area contributed by atoms with E-state index in [9.17, 15) is 13.6 Å². The Labute approximate surface area is 158 Å². The predicted molar refractivity (Wildman–Crippen MR) is 98.2 cm³/mol. The van der Waals surface area contributed by atoms with Gasteiger partial charge in [0.25, 0.3) is 0 Å². The first kappa shape index (κ1) is 18.9. The molecule has 8 heteroatoms. The summed E-state index contributed by atoms with van der Waals surface area (Å²) >= 11 is 1.30. The summed E-state index contributed by atoms with van der Waals surface area (Å²) in [5.41, 5.74) is 1.32. The maximum atomic E-state index is 12.3. The summed E-state index contributed by atoms with van der Waals surface area (Å²) in [4.78, 5) is 16.6. The minimum Gasteiger partial charge on any atom is -0.497 e. The van der Waals surface area contributed by atoms with Crippen molar-refractivity contribution in [3.05, 3.63) is 66.5 Å². The molecule has 0 N–H and O–H groups in total. The van der Waals surface area contributed by atoms with Crippen LogP contribution in [0.15, 0.2) is 66.1 Å². The molecule has 5 nitrogen and oxygen atoms in total. The minimum atomic E-state index is -2.89. The summed E-state index contributed by atoms with van der Waals surface area (Å²) in [6, 6.07) is 13.1. The molecule has 0 aliphatic carbocycles. The molecule has 2 aromatic carbocycles. The zero-order valence-electron chi connectivity index (χ0n) is 14.3. The molecule has 3 aromatic rings. The number of carbonyl (C=O) groups is 1. The molecule has 0 fully saturated rings. The Balaban J connectivity index is 1.65. The minimum absolute atomic E-state index is 0.0178. The van der Waals surface area contributed by atoms with Gasteiger partial charge in [0.2, 0.25) is 0 Å². The van der Waals surface area contributed by atoms with Crippen molar-refractivity contribution in [1.82, 2.24) is 9.55 Å². The first-order chi connectivity index (χ1) is 13.1. The molecule has 27 heavy (non-hydrogen) atoms. The van der Waals surface area contributed by atoms with Crippen molar-refractivity contribution in [3.63, 3.8) is 0 Å². The van der Waals surface area contributed by atoms with Crippen LogP contribution in [0.1, 0.15) is 10.4 Å². The van der Waals surface area contributed by atoms with E-state index in [0.29, 0.717) is 10.7 Å². The van der Waals surface area contributed by atoms with Gasteiger partial charge in [-0.05, 0) is 48.5 Å². The maximum Gasteiger partial charge on any atom is 0.387 e. The number of thioether (sulfide) groups is 1. The fourth-order valence-corrected chi connectivity index (χ4v) is 3.24. The molecule has 0 unspecified atom stereocenters. The number of carbonyl (C=O) groups excluding carboxylic acids is 1. The Kier molecular flexibility index (Phi) is 6.08. The Morgan fingerprint density at radius 3 is 2.41 bits per heavy atom. The molecule has 1 aromatic heterocycles. The number of Topliss-reactive ketones (excluding diaryl/α,β-unsaturated/α-hetero) is 1. The van der Waals surface area contributed by atoms with E-state index in [2.05, 4.69) is 9.72 Å². The second-order valence-electron chi connectivity index (χ2n) is 5.39. The number of nitrogens with zero attached hydrogens (tertiary/aromatic N) is 2. The smallest absolute Gasteiger partial charge is 0.387 e. The zero-order chi connectivity index (χ0) is 19.2. The van der Waals surface area contributed by atoms with Gasteiger partial charge in [-0.2, -0.15) is 8.78 Å². The highest BCUT2D eigenvalue weighted by Gasteiger charge is 2.12. The third-order valence-corrected chi connectivity index (χ3v) is 4.66. The first-order valence-electron chi connectivity index (χ1n) is 7.95. The van der Waals surface area contributed by atoms with Crippen molar-refractivity contribution >= 4 is 17.5 Å². The fraction of sp³-hybridized carbons (Fsp3) is 0.158. The van der Waals surface area contributed by atoms with E-state index in [1.165, 1.54) is 36.0 Å². The summed E-state index contributed by atoms with van der Waals surface area (Å²) in [6.45, 7) is -2.89. The largest absolute Gasteiger partial charge is 0.497 e. The number of ketones is 1. The summed E-state index contributed by atoms with van der Waals surface area (Å²) in [5, 5.41) is 0.672. The predicted octanol–water partition coefficient (Wildman–Crippen LogP) is 4.46. The van der Waals surface area contributed by atoms with E-state index in [4.69, 9.17) is 4.74 Å². The number of methoxy groups -OCH3 is 1. The van der Waals surface area contributed by atoms with Crippen LogP contribution in [0, 0.1) is 0 Å². The summed E-state index contributed by atoms with van der Waals surface area (Å²) in [5.74, 6) is 0.807. The normalized spacial score (nSPS) is 10.8. The number of ether oxygens (including phenoxy) is 2. The second kappa shape index (κ2) is 8.68. The zero-order valence-corrected chi connectivity index (χ0v) is 15.2. The number of aromatic nitrogens is 2. The lowest BCUT2D eigenvalue weighted by Crippen LogP contribution is -2.05. The lowest BCUT2D eigenvalue weighted by Gasteiger charge is -2.08. The lowest BCUT2D eigenvalue weighted by atomic mass is 10.1. The summed E-state index contributed by atoms with van der Waals surface area (Å²) in [6.07, 6.45) is 3.47. The van der Waals surface area contributed by atoms with Gasteiger partial charge in [-0.1, -0.05) is 11.8 Å². The quantitative estimate of drug-likeness (QED) is 0.420. The third kappa shape index (κ3) is 4.85. The van der Waals surface area contributed by atoms with Crippen molar-refractivity contribution in [2.75, 3.05) is 12.9 Å². The van der Waals surface area contributed by atoms with E-state index in [-0.39, 0.29) is 17.3 Å². The van der Waals surface area contributed by atoms with Crippen LogP contribution in [0.25, 0.3) is 5.69 Å². The number of halogens is 2. The number of imidazole rings is 1. The molecular formula is C19H16F2N2O3S. The average Bonchev–Trinajstić information content (AvgIpc) is 3.15. The van der Waals surface area contributed by atoms with E-state index in [0.717, 1.165) is 11.4 Å². The molecule has 0 aliphatic heterocycles. The summed E-state index contributed by atoms with van der Waals surface area (Å²) in [7, 11) is 1.60. The number of alkyl halides is 2. The topological polar surface area (TPSA) is 53.4 Å². The Morgan fingerprint density at radius 2 is 1.78 bits per heavy atom. The number of benzene rings is 2. The van der Waals surface area contributed by atoms with Gasteiger partial charge in [-0.3, -0.25) is 9.36 Å². The van der Waals surface area contributed by atoms with Gasteiger partial charge < -0.3 is 9.47 Å². The highest BCUT2D eigenvalue weighted by Crippen LogP contribution is 2.23. The van der Waals surface area contributed by atoms with Crippen LogP contribution in [0.4, 0.5) is 8.78 Å². The molecule has 3 rings (SSSR count). The number of rotatable bonds is 8. The molecule has 0 radical (unpaired) electrons. The van der Waals surface area contributed by atoms with Crippen LogP contribution in [-0.2, 0) is 0 Å². The van der Waals surface area contributed by atoms with Crippen molar-refractivity contribution in [2.24, 2.45) is 0 Å². The molecule has 0 atom stereocenters. The average molecular weight is 390 g/mol. The van der Waals surface area contributed by atoms with E-state index in [1.54, 1.807) is 13.3 Å². The van der Waals surface area contributed by atoms with Crippen LogP contribution in [0.5, 0.6) is 11.5 Å². The molecule has 0 saturated carbocycles. The van der Waals surface area contributed by atoms with Crippen molar-refractivity contribution in [3.8, 4) is 17.2 Å². The Bertz CT molecular complexity index is 896. The number of hydrogen-bond acceptors (Lipinski definition) is 5. The van der Waals surface area contributed by atoms with Gasteiger partial charge in [0.1, 0.15) is 11.5 Å². The SMILES string of the molecule is COc1ccc(-n2ccnc2SCC(=O)c2ccc(OC(F)F)cc2)cc1. The maximum absolute atomic E-state index is 12.3. The molecule has 0 aliphatic rings. The lowest BCUT2D eigenvalue weighted by molar-refractivity contribution is -0.0498. The van der Waals surface area contributed by atoms with E-state index < -0.39 is 6.61 Å². The molecule has 0 spiro atoms. The van der Waals surface area contributed by atoms with Crippen LogP contribution in [0.3, 0.4) is 0 Å². The van der Waals surface area contributed by atoms with Gasteiger partial charge in [0.05, 0.1) is 12.9 Å². The molecule has 0 bridgehead atoms. The molecule has 140 valence electrons. The van der Waals surface area contributed by atoms with Crippen LogP contribution in [-0.4, -0.2) is 34.8 Å². The van der Waals surface area contributed by atoms with Crippen LogP contribution in [0.2, 0.25) is 0 Å². The number of hydrogen-bond donors (Lipinski definition) is 0. The van der Waals surface area contributed by atoms with Gasteiger partial charge in [-0.25, -0.2) is 4.98 Å². The van der Waals surface area contributed by atoms with E-state index >= 15 is 0 Å². The Morgan fingerprint density at radius 1 is 1.11 bits per heavy atom. The van der Waals surface area contributed by atoms with E-state index in [1.807, 2.05) is 35.0 Å². The third-order valence-electron chi connectivity index (χ3n) is 3.69. The van der Waals surface area contributed by atoms with Gasteiger partial charge in [-0.15, -0.1) is 0 Å². The fourth-order valence-electron chi connectivity index (χ4n) is 2.37. The van der Waals surface area contributed by atoms with Crippen molar-refractivity contribution in [1.29, 1.82) is 0 Å². The van der Waals surface area contributed by atoms with Crippen molar-refractivity contribution < 1.29 is 23.0 Å². The van der Waals surface area contributed by atoms with Crippen LogP contribution >= 0.6 is 11.8 Å². The van der Waals surface area contributed by atoms with Gasteiger partial charge in [0.15, 0.2) is 10.9 Å². The summed E-state index contributed by atoms with van der Waals surface area (Å²) < 4.78 is 35.6. The standard InChI is InChI=1S/C19H16F2N2O3S/c1-25-15-8-4-14(5-9-15)23-11-10-22-19(23)27-12-17(24)13-2-6-16(7-3-13)26-18(20)21/h2-11,18H,12H2,1H3. The molecule has 1 heterocycles. The molecule has 0 saturated heterocycles.